The molecule has 152 valence electrons. The molecule has 4 aliphatic carbocycles. The second-order valence-electron chi connectivity index (χ2n) is 10.0. The fourth-order valence-electron chi connectivity index (χ4n) is 7.42. The summed E-state index contributed by atoms with van der Waals surface area (Å²) < 4.78 is 2.59. The van der Waals surface area contributed by atoms with Crippen molar-refractivity contribution >= 4 is 21.8 Å². The highest BCUT2D eigenvalue weighted by Gasteiger charge is 2.56. The third-order valence-corrected chi connectivity index (χ3v) is 8.24. The molecule has 2 heterocycles. The van der Waals surface area contributed by atoms with Gasteiger partial charge in [-0.1, -0.05) is 36.4 Å². The Morgan fingerprint density at radius 3 is 2.07 bits per heavy atom. The van der Waals surface area contributed by atoms with Gasteiger partial charge in [0.15, 0.2) is 17.9 Å². The molecule has 0 unspecified atom stereocenters. The standard InChI is InChI=1S/C27H26N2.HI/c1-2-7-25-23(4-1)24-6-3-5-22(26(24)28-25)21-8-10-29(11-9-21)27-15-18-12-19(16-27)14-20(13-18)17-27;/h1-11,18-20H,12-17H2;1H. The van der Waals surface area contributed by atoms with Gasteiger partial charge in [0.25, 0.3) is 0 Å². The molecule has 8 rings (SSSR count). The highest BCUT2D eigenvalue weighted by molar-refractivity contribution is 6.11. The van der Waals surface area contributed by atoms with Crippen LogP contribution in [-0.4, -0.2) is 4.98 Å². The van der Waals surface area contributed by atoms with E-state index in [0.717, 1.165) is 17.8 Å². The molecule has 4 saturated carbocycles. The summed E-state index contributed by atoms with van der Waals surface area (Å²) in [5.41, 5.74) is 5.48. The van der Waals surface area contributed by atoms with Crippen molar-refractivity contribution in [2.24, 2.45) is 17.8 Å². The molecule has 4 aromatic rings. The highest BCUT2D eigenvalue weighted by Crippen LogP contribution is 2.56. The Morgan fingerprint density at radius 1 is 0.733 bits per heavy atom. The summed E-state index contributed by atoms with van der Waals surface area (Å²) in [6.07, 6.45) is 13.5. The first kappa shape index (κ1) is 18.9. The van der Waals surface area contributed by atoms with Crippen molar-refractivity contribution < 1.29 is 28.5 Å². The van der Waals surface area contributed by atoms with E-state index in [0.29, 0.717) is 5.54 Å². The summed E-state index contributed by atoms with van der Waals surface area (Å²) in [5, 5.41) is 2.62. The van der Waals surface area contributed by atoms with Crippen molar-refractivity contribution in [3.63, 3.8) is 0 Å². The number of rotatable bonds is 2. The molecule has 0 spiro atoms. The van der Waals surface area contributed by atoms with Crippen LogP contribution >= 0.6 is 0 Å². The maximum Gasteiger partial charge on any atom is 0.169 e. The molecule has 2 nitrogen and oxygen atoms in total. The highest BCUT2D eigenvalue weighted by atomic mass is 127. The van der Waals surface area contributed by atoms with Crippen LogP contribution in [0.5, 0.6) is 0 Å². The van der Waals surface area contributed by atoms with Crippen LogP contribution in [0.15, 0.2) is 67.0 Å². The number of nitrogens with zero attached hydrogens (tertiary/aromatic N) is 1. The maximum absolute atomic E-state index is 3.66. The topological polar surface area (TPSA) is 19.7 Å². The van der Waals surface area contributed by atoms with E-state index in [2.05, 4.69) is 76.5 Å². The lowest BCUT2D eigenvalue weighted by Gasteiger charge is -2.53. The molecule has 30 heavy (non-hydrogen) atoms. The van der Waals surface area contributed by atoms with Gasteiger partial charge in [-0.15, -0.1) is 0 Å². The van der Waals surface area contributed by atoms with E-state index in [-0.39, 0.29) is 24.0 Å². The van der Waals surface area contributed by atoms with Crippen LogP contribution in [-0.2, 0) is 5.54 Å². The molecule has 4 bridgehead atoms. The number of para-hydroxylation sites is 2. The Morgan fingerprint density at radius 2 is 1.37 bits per heavy atom. The molecule has 0 aliphatic heterocycles. The zero-order valence-corrected chi connectivity index (χ0v) is 19.3. The Hall–Kier alpha value is -1.88. The third kappa shape index (κ3) is 2.70. The van der Waals surface area contributed by atoms with E-state index in [1.54, 1.807) is 0 Å². The van der Waals surface area contributed by atoms with Gasteiger partial charge in [0.1, 0.15) is 0 Å². The molecule has 3 heteroatoms. The number of benzene rings is 2. The first-order valence-corrected chi connectivity index (χ1v) is 11.3. The number of fused-ring (bicyclic) bond motifs is 3. The summed E-state index contributed by atoms with van der Waals surface area (Å²) in [7, 11) is 0. The van der Waals surface area contributed by atoms with E-state index in [9.17, 15) is 0 Å². The number of H-pyrrole nitrogens is 1. The minimum atomic E-state index is 0. The van der Waals surface area contributed by atoms with Crippen molar-refractivity contribution in [3.8, 4) is 11.1 Å². The normalized spacial score (nSPS) is 29.4. The minimum absolute atomic E-state index is 0. The SMILES string of the molecule is [I-].c1ccc2c(c1)[nH]c1c(-c3cc[n+](C45CC6CC(CC(C6)C4)C5)cc3)cccc12. The summed E-state index contributed by atoms with van der Waals surface area (Å²) >= 11 is 0. The number of nitrogens with one attached hydrogen (secondary N) is 1. The summed E-state index contributed by atoms with van der Waals surface area (Å²) in [5.74, 6) is 2.94. The van der Waals surface area contributed by atoms with E-state index in [1.807, 2.05) is 0 Å². The fourth-order valence-corrected chi connectivity index (χ4v) is 7.42. The quantitative estimate of drug-likeness (QED) is 0.319. The third-order valence-electron chi connectivity index (χ3n) is 8.24. The lowest BCUT2D eigenvalue weighted by atomic mass is 9.53. The van der Waals surface area contributed by atoms with Crippen molar-refractivity contribution in [3.05, 3.63) is 67.0 Å². The van der Waals surface area contributed by atoms with Crippen molar-refractivity contribution in [2.75, 3.05) is 0 Å². The molecule has 2 aromatic carbocycles. The van der Waals surface area contributed by atoms with Crippen LogP contribution < -0.4 is 28.5 Å². The monoisotopic (exact) mass is 506 g/mol. The molecule has 0 amide bonds. The summed E-state index contributed by atoms with van der Waals surface area (Å²) in [4.78, 5) is 3.66. The van der Waals surface area contributed by atoms with Crippen LogP contribution in [0.3, 0.4) is 0 Å². The van der Waals surface area contributed by atoms with Crippen LogP contribution in [0.4, 0.5) is 0 Å². The summed E-state index contributed by atoms with van der Waals surface area (Å²) in [6, 6.07) is 20.0. The average Bonchev–Trinajstić information content (AvgIpc) is 3.12. The van der Waals surface area contributed by atoms with Gasteiger partial charge in [-0.05, 0) is 48.6 Å². The van der Waals surface area contributed by atoms with Gasteiger partial charge < -0.3 is 29.0 Å². The summed E-state index contributed by atoms with van der Waals surface area (Å²) in [6.45, 7) is 0. The maximum atomic E-state index is 3.66. The largest absolute Gasteiger partial charge is 1.00 e. The first-order chi connectivity index (χ1) is 14.3. The van der Waals surface area contributed by atoms with E-state index in [4.69, 9.17) is 0 Å². The van der Waals surface area contributed by atoms with Gasteiger partial charge >= 0.3 is 0 Å². The number of hydrogen-bond acceptors (Lipinski definition) is 0. The lowest BCUT2D eigenvalue weighted by Crippen LogP contribution is -3.00. The Bertz CT molecular complexity index is 1200. The number of hydrogen-bond donors (Lipinski definition) is 1. The van der Waals surface area contributed by atoms with Crippen LogP contribution in [0, 0.1) is 17.8 Å². The van der Waals surface area contributed by atoms with Gasteiger partial charge in [0.05, 0.1) is 5.52 Å². The molecule has 0 saturated heterocycles. The van der Waals surface area contributed by atoms with Crippen LogP contribution in [0.2, 0.25) is 0 Å². The number of aromatic nitrogens is 2. The zero-order chi connectivity index (χ0) is 19.0. The lowest BCUT2D eigenvalue weighted by molar-refractivity contribution is -0.776. The van der Waals surface area contributed by atoms with Gasteiger partial charge in [0, 0.05) is 53.2 Å². The number of pyridine rings is 1. The van der Waals surface area contributed by atoms with Crippen molar-refractivity contribution in [1.82, 2.24) is 4.98 Å². The van der Waals surface area contributed by atoms with E-state index < -0.39 is 0 Å². The van der Waals surface area contributed by atoms with Crippen molar-refractivity contribution in [1.29, 1.82) is 0 Å². The Labute approximate surface area is 194 Å². The first-order valence-electron chi connectivity index (χ1n) is 11.3. The molecule has 1 N–H and O–H groups in total. The molecule has 0 radical (unpaired) electrons. The number of halogens is 1. The van der Waals surface area contributed by atoms with Crippen LogP contribution in [0.1, 0.15) is 38.5 Å². The Balaban J connectivity index is 0.00000175. The fraction of sp³-hybridized carbons (Fsp3) is 0.370. The molecular weight excluding hydrogens is 479 g/mol. The number of aromatic amines is 1. The minimum Gasteiger partial charge on any atom is -1.00 e. The smallest absolute Gasteiger partial charge is 0.169 e. The average molecular weight is 506 g/mol. The molecule has 4 fully saturated rings. The van der Waals surface area contributed by atoms with Gasteiger partial charge in [0.2, 0.25) is 0 Å². The molecule has 4 aliphatic rings. The van der Waals surface area contributed by atoms with Gasteiger partial charge in [-0.25, -0.2) is 0 Å². The molecular formula is C27H27IN2. The Kier molecular flexibility index (Phi) is 4.28. The zero-order valence-electron chi connectivity index (χ0n) is 17.2. The van der Waals surface area contributed by atoms with Gasteiger partial charge in [-0.2, -0.15) is 4.57 Å². The van der Waals surface area contributed by atoms with E-state index >= 15 is 0 Å². The second-order valence-corrected chi connectivity index (χ2v) is 10.0. The van der Waals surface area contributed by atoms with Crippen LogP contribution in [0.25, 0.3) is 32.9 Å². The predicted molar refractivity (Wildman–Crippen MR) is 118 cm³/mol. The predicted octanol–water partition coefficient (Wildman–Crippen LogP) is 3.20. The van der Waals surface area contributed by atoms with E-state index in [1.165, 1.54) is 71.5 Å². The van der Waals surface area contributed by atoms with Gasteiger partial charge in [-0.3, -0.25) is 0 Å². The molecule has 0 atom stereocenters. The second kappa shape index (κ2) is 6.81. The van der Waals surface area contributed by atoms with Crippen molar-refractivity contribution in [2.45, 2.75) is 44.1 Å². The molecule has 2 aromatic heterocycles.